The second kappa shape index (κ2) is 18.3. The van der Waals surface area contributed by atoms with E-state index in [2.05, 4.69) is 29.7 Å². The highest BCUT2D eigenvalue weighted by Gasteiger charge is 2.27. The maximum atomic E-state index is 11.1. The molecule has 0 spiro atoms. The van der Waals surface area contributed by atoms with Crippen LogP contribution >= 0.6 is 0 Å². The molecule has 0 aromatic heterocycles. The number of rotatable bonds is 10. The summed E-state index contributed by atoms with van der Waals surface area (Å²) >= 11 is 0. The Hall–Kier alpha value is -3.08. The van der Waals surface area contributed by atoms with Gasteiger partial charge in [0, 0.05) is 11.5 Å². The highest BCUT2D eigenvalue weighted by Crippen LogP contribution is 2.44. The molecule has 2 aromatic rings. The van der Waals surface area contributed by atoms with Gasteiger partial charge in [0.25, 0.3) is 0 Å². The summed E-state index contributed by atoms with van der Waals surface area (Å²) in [4.78, 5) is 22.1. The molecule has 0 saturated heterocycles. The van der Waals surface area contributed by atoms with Crippen molar-refractivity contribution in [2.45, 2.75) is 52.4 Å². The Balaban J connectivity index is 0.000000320. The fraction of sp³-hybridized carbons (Fsp3) is 0.517. The summed E-state index contributed by atoms with van der Waals surface area (Å²) in [6.45, 7) is 6.18. The summed E-state index contributed by atoms with van der Waals surface area (Å²) in [7, 11) is 4.97. The van der Waals surface area contributed by atoms with Crippen LogP contribution in [0.25, 0.3) is 0 Å². The predicted molar refractivity (Wildman–Crippen MR) is 154 cm³/mol. The highest BCUT2D eigenvalue weighted by atomic mass is 16.5. The lowest BCUT2D eigenvalue weighted by Gasteiger charge is -2.25. The van der Waals surface area contributed by atoms with Crippen molar-refractivity contribution in [3.8, 4) is 17.2 Å². The van der Waals surface area contributed by atoms with Crippen LogP contribution in [0.3, 0.4) is 0 Å². The Labute approximate surface area is 233 Å². The molecule has 0 aliphatic heterocycles. The van der Waals surface area contributed by atoms with E-state index in [0.29, 0.717) is 36.0 Å². The Morgan fingerprint density at radius 3 is 2.18 bits per heavy atom. The number of amides is 1. The first-order valence-electron chi connectivity index (χ1n) is 13.2. The van der Waals surface area contributed by atoms with Crippen LogP contribution < -0.4 is 24.8 Å². The third kappa shape index (κ3) is 11.7. The number of fused-ring (bicyclic) bond motifs is 1. The minimum absolute atomic E-state index is 0.0736. The van der Waals surface area contributed by atoms with Crippen LogP contribution in [0.5, 0.6) is 17.2 Å². The molecule has 9 nitrogen and oxygen atoms in total. The molecule has 2 unspecified atom stereocenters. The van der Waals surface area contributed by atoms with E-state index in [4.69, 9.17) is 24.3 Å². The van der Waals surface area contributed by atoms with Crippen LogP contribution in [0.15, 0.2) is 36.4 Å². The normalized spacial score (nSPS) is 14.4. The lowest BCUT2D eigenvalue weighted by atomic mass is 9.75. The van der Waals surface area contributed by atoms with Gasteiger partial charge in [-0.25, -0.2) is 0 Å². The molecular weight excluding hydrogens is 499 g/mol. The Morgan fingerprint density at radius 1 is 1.10 bits per heavy atom. The van der Waals surface area contributed by atoms with E-state index in [1.807, 2.05) is 38.1 Å². The first-order chi connectivity index (χ1) is 18.6. The van der Waals surface area contributed by atoms with Gasteiger partial charge in [0.15, 0.2) is 11.5 Å². The molecular formula is C29H45BN2O7. The minimum Gasteiger partial charge on any atom is -0.493 e. The van der Waals surface area contributed by atoms with Crippen LogP contribution in [-0.2, 0) is 22.4 Å². The monoisotopic (exact) mass is 544 g/mol. The Bertz CT molecular complexity index is 1000. The summed E-state index contributed by atoms with van der Waals surface area (Å²) < 4.78 is 16.1. The van der Waals surface area contributed by atoms with E-state index in [1.54, 1.807) is 28.4 Å². The maximum absolute atomic E-state index is 11.1. The van der Waals surface area contributed by atoms with Crippen LogP contribution in [0.4, 0.5) is 0 Å². The summed E-state index contributed by atoms with van der Waals surface area (Å²) in [5, 5.41) is 23.2. The van der Waals surface area contributed by atoms with Gasteiger partial charge < -0.3 is 39.7 Å². The Kier molecular flexibility index (Phi) is 15.9. The smallest absolute Gasteiger partial charge is 0.475 e. The molecule has 216 valence electrons. The number of benzene rings is 2. The van der Waals surface area contributed by atoms with E-state index in [-0.39, 0.29) is 18.4 Å². The van der Waals surface area contributed by atoms with E-state index in [0.717, 1.165) is 24.7 Å². The average molecular weight is 544 g/mol. The van der Waals surface area contributed by atoms with Crippen molar-refractivity contribution in [2.75, 3.05) is 34.9 Å². The van der Waals surface area contributed by atoms with E-state index in [9.17, 15) is 9.59 Å². The standard InChI is InChI=1S/C14H18O4.C8H19BN2O3.C7H8/c1-16-12-7-10-5-4-9(8-15)6-11(10)13(17-2)14(12)18-3;1-6(2)4-7(9(13)14)11-8(12)5-10-3;1-7-5-3-2-4-6-7/h7-9H,4-6H2,1-3H3;6-7,10,13-14H,4-5H2,1-3H3,(H,11,12);2-6H,1H3. The van der Waals surface area contributed by atoms with Crippen molar-refractivity contribution in [1.29, 1.82) is 0 Å². The largest absolute Gasteiger partial charge is 0.493 e. The summed E-state index contributed by atoms with van der Waals surface area (Å²) in [5.41, 5.74) is 3.57. The van der Waals surface area contributed by atoms with Gasteiger partial charge in [0.2, 0.25) is 11.7 Å². The number of aldehydes is 1. The van der Waals surface area contributed by atoms with Gasteiger partial charge in [-0.2, -0.15) is 0 Å². The van der Waals surface area contributed by atoms with Gasteiger partial charge >= 0.3 is 7.12 Å². The van der Waals surface area contributed by atoms with Gasteiger partial charge in [-0.3, -0.25) is 4.79 Å². The van der Waals surface area contributed by atoms with Gasteiger partial charge in [0.05, 0.1) is 33.8 Å². The number of hydrogen-bond acceptors (Lipinski definition) is 8. The molecule has 0 saturated carbocycles. The number of nitrogens with one attached hydrogen (secondary N) is 2. The van der Waals surface area contributed by atoms with Crippen molar-refractivity contribution >= 4 is 19.3 Å². The molecule has 2 aromatic carbocycles. The van der Waals surface area contributed by atoms with Gasteiger partial charge in [-0.15, -0.1) is 0 Å². The topological polar surface area (TPSA) is 126 Å². The summed E-state index contributed by atoms with van der Waals surface area (Å²) in [6.07, 6.45) is 4.04. The first kappa shape index (κ1) is 34.0. The first-order valence-corrected chi connectivity index (χ1v) is 13.2. The van der Waals surface area contributed by atoms with Crippen molar-refractivity contribution in [2.24, 2.45) is 11.8 Å². The number of likely N-dealkylation sites (N-methyl/N-ethyl adjacent to an activating group) is 1. The lowest BCUT2D eigenvalue weighted by Crippen LogP contribution is -2.49. The zero-order chi connectivity index (χ0) is 29.4. The molecule has 1 aliphatic rings. The molecule has 1 aliphatic carbocycles. The molecule has 39 heavy (non-hydrogen) atoms. The lowest BCUT2D eigenvalue weighted by molar-refractivity contribution is -0.120. The SMILES string of the molecule is CNCC(=O)NC(CC(C)C)B(O)O.COc1cc2c(c(OC)c1OC)CC(C=O)CC2.Cc1ccccc1. The van der Waals surface area contributed by atoms with Gasteiger partial charge in [-0.05, 0) is 57.2 Å². The molecule has 0 fully saturated rings. The van der Waals surface area contributed by atoms with Crippen molar-refractivity contribution < 1.29 is 33.8 Å². The molecule has 3 rings (SSSR count). The van der Waals surface area contributed by atoms with Crippen molar-refractivity contribution in [1.82, 2.24) is 10.6 Å². The number of carbonyl (C=O) groups excluding carboxylic acids is 2. The summed E-state index contributed by atoms with van der Waals surface area (Å²) in [6, 6.07) is 12.2. The molecule has 10 heteroatoms. The van der Waals surface area contributed by atoms with Crippen LogP contribution in [-0.4, -0.2) is 70.2 Å². The molecule has 2 atom stereocenters. The number of methoxy groups -OCH3 is 3. The Morgan fingerprint density at radius 2 is 1.74 bits per heavy atom. The fourth-order valence-electron chi connectivity index (χ4n) is 4.25. The third-order valence-electron chi connectivity index (χ3n) is 6.18. The highest BCUT2D eigenvalue weighted by molar-refractivity contribution is 6.43. The molecule has 0 bridgehead atoms. The third-order valence-corrected chi connectivity index (χ3v) is 6.18. The second-order valence-corrected chi connectivity index (χ2v) is 9.82. The predicted octanol–water partition coefficient (Wildman–Crippen LogP) is 2.76. The van der Waals surface area contributed by atoms with Crippen LogP contribution in [0.1, 0.15) is 43.4 Å². The zero-order valence-electron chi connectivity index (χ0n) is 24.3. The van der Waals surface area contributed by atoms with Gasteiger partial charge in [0.1, 0.15) is 6.29 Å². The molecule has 0 heterocycles. The van der Waals surface area contributed by atoms with E-state index >= 15 is 0 Å². The number of hydrogen-bond donors (Lipinski definition) is 4. The van der Waals surface area contributed by atoms with Crippen LogP contribution in [0.2, 0.25) is 0 Å². The van der Waals surface area contributed by atoms with Crippen LogP contribution in [0, 0.1) is 18.8 Å². The molecule has 0 radical (unpaired) electrons. The molecule has 1 amide bonds. The van der Waals surface area contributed by atoms with E-state index < -0.39 is 13.1 Å². The fourth-order valence-corrected chi connectivity index (χ4v) is 4.25. The number of carbonyl (C=O) groups is 2. The maximum Gasteiger partial charge on any atom is 0.475 e. The minimum atomic E-state index is -1.50. The van der Waals surface area contributed by atoms with E-state index in [1.165, 1.54) is 11.1 Å². The number of ether oxygens (including phenoxy) is 3. The molecule has 4 N–H and O–H groups in total. The quantitative estimate of drug-likeness (QED) is 0.266. The zero-order valence-corrected chi connectivity index (χ0v) is 24.3. The number of aryl methyl sites for hydroxylation is 2. The second-order valence-electron chi connectivity index (χ2n) is 9.82. The van der Waals surface area contributed by atoms with Gasteiger partial charge in [-0.1, -0.05) is 49.7 Å². The summed E-state index contributed by atoms with van der Waals surface area (Å²) in [5.74, 6) is 1.53. The van der Waals surface area contributed by atoms with Crippen molar-refractivity contribution in [3.05, 3.63) is 53.1 Å². The average Bonchev–Trinajstić information content (AvgIpc) is 2.92. The van der Waals surface area contributed by atoms with Crippen molar-refractivity contribution in [3.63, 3.8) is 0 Å².